The van der Waals surface area contributed by atoms with Crippen molar-refractivity contribution in [1.29, 1.82) is 0 Å². The van der Waals surface area contributed by atoms with Gasteiger partial charge >= 0.3 is 0 Å². The number of thiocarbonyl (C=S) groups is 1. The highest BCUT2D eigenvalue weighted by Crippen LogP contribution is 2.13. The Labute approximate surface area is 135 Å². The molecule has 0 bridgehead atoms. The molecule has 0 unspecified atom stereocenters. The largest absolute Gasteiger partial charge is 0.462 e. The van der Waals surface area contributed by atoms with E-state index in [4.69, 9.17) is 16.6 Å². The smallest absolute Gasteiger partial charge is 0.250 e. The maximum absolute atomic E-state index is 11.8. The van der Waals surface area contributed by atoms with Crippen LogP contribution < -0.4 is 10.6 Å². The highest BCUT2D eigenvalue weighted by atomic mass is 32.1. The Balaban J connectivity index is 1.91. The Bertz CT molecular complexity index is 712. The van der Waals surface area contributed by atoms with Gasteiger partial charge in [0.05, 0.1) is 0 Å². The van der Waals surface area contributed by atoms with E-state index >= 15 is 0 Å². The second kappa shape index (κ2) is 7.04. The Morgan fingerprint density at radius 2 is 1.82 bits per heavy atom. The lowest BCUT2D eigenvalue weighted by Crippen LogP contribution is -2.32. The zero-order valence-electron chi connectivity index (χ0n) is 12.8. The maximum Gasteiger partial charge on any atom is 0.250 e. The first kappa shape index (κ1) is 16.0. The van der Waals surface area contributed by atoms with Crippen molar-refractivity contribution in [2.75, 3.05) is 5.32 Å². The fourth-order valence-corrected chi connectivity index (χ4v) is 2.28. The lowest BCUT2D eigenvalue weighted by atomic mass is 10.1. The van der Waals surface area contributed by atoms with Crippen molar-refractivity contribution in [2.24, 2.45) is 0 Å². The molecule has 2 N–H and O–H groups in total. The molecule has 1 aromatic heterocycles. The molecule has 0 fully saturated rings. The predicted molar refractivity (Wildman–Crippen MR) is 92.8 cm³/mol. The zero-order chi connectivity index (χ0) is 16.1. The van der Waals surface area contributed by atoms with Crippen LogP contribution in [0.4, 0.5) is 5.69 Å². The van der Waals surface area contributed by atoms with Gasteiger partial charge in [0, 0.05) is 11.8 Å². The molecule has 1 heterocycles. The van der Waals surface area contributed by atoms with Crippen LogP contribution in [0, 0.1) is 20.8 Å². The summed E-state index contributed by atoms with van der Waals surface area (Å²) in [4.78, 5) is 11.8. The average molecular weight is 314 g/mol. The number of furan rings is 1. The summed E-state index contributed by atoms with van der Waals surface area (Å²) < 4.78 is 5.35. The van der Waals surface area contributed by atoms with Gasteiger partial charge in [-0.3, -0.25) is 10.1 Å². The van der Waals surface area contributed by atoms with Gasteiger partial charge in [-0.05, 0) is 74.5 Å². The summed E-state index contributed by atoms with van der Waals surface area (Å²) in [7, 11) is 0. The Morgan fingerprint density at radius 1 is 1.14 bits per heavy atom. The summed E-state index contributed by atoms with van der Waals surface area (Å²) in [6.07, 6.45) is 2.98. The minimum Gasteiger partial charge on any atom is -0.462 e. The molecule has 0 spiro atoms. The molecule has 0 aliphatic rings. The van der Waals surface area contributed by atoms with Crippen LogP contribution in [-0.4, -0.2) is 11.0 Å². The monoisotopic (exact) mass is 314 g/mol. The van der Waals surface area contributed by atoms with E-state index in [1.165, 1.54) is 6.08 Å². The zero-order valence-corrected chi connectivity index (χ0v) is 13.6. The molecule has 0 aliphatic heterocycles. The number of amides is 1. The van der Waals surface area contributed by atoms with Gasteiger partial charge in [0.1, 0.15) is 11.5 Å². The molecule has 22 heavy (non-hydrogen) atoms. The number of hydrogen-bond donors (Lipinski definition) is 2. The van der Waals surface area contributed by atoms with Gasteiger partial charge in [-0.15, -0.1) is 0 Å². The van der Waals surface area contributed by atoms with Crippen LogP contribution in [0.1, 0.15) is 22.6 Å². The van der Waals surface area contributed by atoms with E-state index in [1.807, 2.05) is 39.0 Å². The van der Waals surface area contributed by atoms with Gasteiger partial charge in [-0.1, -0.05) is 6.07 Å². The van der Waals surface area contributed by atoms with E-state index in [-0.39, 0.29) is 11.0 Å². The minimum atomic E-state index is -0.309. The first-order valence-electron chi connectivity index (χ1n) is 6.87. The van der Waals surface area contributed by atoms with E-state index in [9.17, 15) is 4.79 Å². The molecule has 0 saturated heterocycles. The number of rotatable bonds is 3. The van der Waals surface area contributed by atoms with Crippen molar-refractivity contribution in [1.82, 2.24) is 5.32 Å². The number of benzene rings is 1. The molecule has 2 rings (SSSR count). The molecule has 2 aromatic rings. The molecule has 114 valence electrons. The van der Waals surface area contributed by atoms with E-state index in [0.29, 0.717) is 5.76 Å². The van der Waals surface area contributed by atoms with E-state index < -0.39 is 0 Å². The van der Waals surface area contributed by atoms with Crippen molar-refractivity contribution in [3.05, 3.63) is 59.1 Å². The second-order valence-electron chi connectivity index (χ2n) is 5.10. The summed E-state index contributed by atoms with van der Waals surface area (Å²) in [5.41, 5.74) is 3.11. The van der Waals surface area contributed by atoms with Crippen LogP contribution in [0.2, 0.25) is 0 Å². The summed E-state index contributed by atoms with van der Waals surface area (Å²) in [5.74, 6) is 1.11. The Hall–Kier alpha value is -2.40. The summed E-state index contributed by atoms with van der Waals surface area (Å²) in [6, 6.07) is 9.63. The number of hydrogen-bond acceptors (Lipinski definition) is 3. The van der Waals surface area contributed by atoms with Crippen LogP contribution >= 0.6 is 12.2 Å². The van der Waals surface area contributed by atoms with Crippen molar-refractivity contribution in [3.63, 3.8) is 0 Å². The molecule has 0 radical (unpaired) electrons. The number of carbonyl (C=O) groups excluding carboxylic acids is 1. The van der Waals surface area contributed by atoms with Crippen LogP contribution in [0.3, 0.4) is 0 Å². The van der Waals surface area contributed by atoms with Gasteiger partial charge < -0.3 is 9.73 Å². The van der Waals surface area contributed by atoms with Gasteiger partial charge in [0.15, 0.2) is 5.11 Å². The standard InChI is InChI=1S/C17H18N2O2S/c1-11-8-12(2)10-14(9-11)18-17(22)19-16(20)7-6-15-5-4-13(3)21-15/h4-10H,1-3H3,(H2,18,19,20,22)/b7-6+. The van der Waals surface area contributed by atoms with Crippen LogP contribution in [0.15, 0.2) is 40.8 Å². The molecule has 5 heteroatoms. The number of aryl methyl sites for hydroxylation is 3. The van der Waals surface area contributed by atoms with Crippen molar-refractivity contribution in [3.8, 4) is 0 Å². The Kier molecular flexibility index (Phi) is 5.12. The third-order valence-corrected chi connectivity index (χ3v) is 3.08. The topological polar surface area (TPSA) is 54.3 Å². The first-order chi connectivity index (χ1) is 10.4. The highest BCUT2D eigenvalue weighted by molar-refractivity contribution is 7.80. The van der Waals surface area contributed by atoms with Crippen molar-refractivity contribution >= 4 is 35.0 Å². The molecule has 0 aliphatic carbocycles. The van der Waals surface area contributed by atoms with Crippen molar-refractivity contribution in [2.45, 2.75) is 20.8 Å². The normalized spacial score (nSPS) is 10.7. The second-order valence-corrected chi connectivity index (χ2v) is 5.51. The number of anilines is 1. The van der Waals surface area contributed by atoms with E-state index in [0.717, 1.165) is 22.6 Å². The summed E-state index contributed by atoms with van der Waals surface area (Å²) >= 11 is 5.13. The third-order valence-electron chi connectivity index (χ3n) is 2.88. The van der Waals surface area contributed by atoms with Crippen LogP contribution in [0.5, 0.6) is 0 Å². The van der Waals surface area contributed by atoms with Gasteiger partial charge in [-0.2, -0.15) is 0 Å². The van der Waals surface area contributed by atoms with Crippen molar-refractivity contribution < 1.29 is 9.21 Å². The molecule has 0 atom stereocenters. The quantitative estimate of drug-likeness (QED) is 0.669. The van der Waals surface area contributed by atoms with Gasteiger partial charge in [-0.25, -0.2) is 0 Å². The first-order valence-corrected chi connectivity index (χ1v) is 7.28. The van der Waals surface area contributed by atoms with Gasteiger partial charge in [0.25, 0.3) is 0 Å². The predicted octanol–water partition coefficient (Wildman–Crippen LogP) is 3.73. The molecular formula is C17H18N2O2S. The fourth-order valence-electron chi connectivity index (χ4n) is 2.06. The van der Waals surface area contributed by atoms with Crippen LogP contribution in [-0.2, 0) is 4.79 Å². The van der Waals surface area contributed by atoms with Gasteiger partial charge in [0.2, 0.25) is 5.91 Å². The molecule has 1 aromatic carbocycles. The number of nitrogens with one attached hydrogen (secondary N) is 2. The van der Waals surface area contributed by atoms with E-state index in [1.54, 1.807) is 12.1 Å². The van der Waals surface area contributed by atoms with E-state index in [2.05, 4.69) is 16.7 Å². The fraction of sp³-hybridized carbons (Fsp3) is 0.176. The maximum atomic E-state index is 11.8. The number of carbonyl (C=O) groups is 1. The molecular weight excluding hydrogens is 296 g/mol. The third kappa shape index (κ3) is 4.86. The average Bonchev–Trinajstić information content (AvgIpc) is 2.80. The highest BCUT2D eigenvalue weighted by Gasteiger charge is 2.03. The molecule has 0 saturated carbocycles. The minimum absolute atomic E-state index is 0.260. The van der Waals surface area contributed by atoms with Crippen LogP contribution in [0.25, 0.3) is 6.08 Å². The summed E-state index contributed by atoms with van der Waals surface area (Å²) in [6.45, 7) is 5.86. The molecule has 1 amide bonds. The lowest BCUT2D eigenvalue weighted by molar-refractivity contribution is -0.115. The lowest BCUT2D eigenvalue weighted by Gasteiger charge is -2.09. The Morgan fingerprint density at radius 3 is 2.41 bits per heavy atom. The summed E-state index contributed by atoms with van der Waals surface area (Å²) in [5, 5.41) is 5.86. The molecule has 4 nitrogen and oxygen atoms in total. The SMILES string of the molecule is Cc1cc(C)cc(NC(=S)NC(=O)/C=C/c2ccc(C)o2)c1.